The van der Waals surface area contributed by atoms with Gasteiger partial charge in [-0.1, -0.05) is 18.9 Å². The van der Waals surface area contributed by atoms with Crippen molar-refractivity contribution in [3.05, 3.63) is 29.3 Å². The van der Waals surface area contributed by atoms with Crippen LogP contribution in [0.1, 0.15) is 54.4 Å². The predicted octanol–water partition coefficient (Wildman–Crippen LogP) is 3.37. The van der Waals surface area contributed by atoms with Crippen LogP contribution in [0.15, 0.2) is 18.2 Å². The molecule has 0 bridgehead atoms. The van der Waals surface area contributed by atoms with Crippen LogP contribution < -0.4 is 5.73 Å². The number of piperidine rings is 1. The normalized spacial score (nSPS) is 21.4. The van der Waals surface area contributed by atoms with E-state index >= 15 is 0 Å². The number of hydrogen-bond acceptors (Lipinski definition) is 2. The van der Waals surface area contributed by atoms with Gasteiger partial charge in [0, 0.05) is 18.8 Å². The lowest BCUT2D eigenvalue weighted by atomic mass is 9.77. The Kier molecular flexibility index (Phi) is 3.45. The van der Waals surface area contributed by atoms with Gasteiger partial charge in [-0.2, -0.15) is 0 Å². The minimum Gasteiger partial charge on any atom is -0.398 e. The van der Waals surface area contributed by atoms with Crippen LogP contribution in [0.25, 0.3) is 0 Å². The lowest BCUT2D eigenvalue weighted by Crippen LogP contribution is -2.42. The number of rotatable bonds is 1. The van der Waals surface area contributed by atoms with E-state index in [9.17, 15) is 4.79 Å². The van der Waals surface area contributed by atoms with Crippen molar-refractivity contribution in [1.29, 1.82) is 0 Å². The van der Waals surface area contributed by atoms with Crippen LogP contribution in [-0.2, 0) is 0 Å². The summed E-state index contributed by atoms with van der Waals surface area (Å²) in [5.41, 5.74) is 8.92. The van der Waals surface area contributed by atoms with Gasteiger partial charge in [-0.3, -0.25) is 4.79 Å². The van der Waals surface area contributed by atoms with E-state index < -0.39 is 0 Å². The van der Waals surface area contributed by atoms with Crippen molar-refractivity contribution < 1.29 is 4.79 Å². The Hall–Kier alpha value is -1.51. The minimum absolute atomic E-state index is 0.107. The summed E-state index contributed by atoms with van der Waals surface area (Å²) in [5.74, 6) is 0.107. The molecule has 0 unspecified atom stereocenters. The maximum absolute atomic E-state index is 12.6. The highest BCUT2D eigenvalue weighted by Gasteiger charge is 2.38. The van der Waals surface area contributed by atoms with E-state index in [0.717, 1.165) is 18.7 Å². The number of carbonyl (C=O) groups excluding carboxylic acids is 1. The van der Waals surface area contributed by atoms with E-state index in [-0.39, 0.29) is 5.91 Å². The number of benzene rings is 1. The molecule has 1 aliphatic carbocycles. The maximum Gasteiger partial charge on any atom is 0.255 e. The molecule has 2 N–H and O–H groups in total. The zero-order chi connectivity index (χ0) is 14.2. The number of nitrogens with zero attached hydrogens (tertiary/aromatic N) is 1. The van der Waals surface area contributed by atoms with E-state index in [1.165, 1.54) is 38.5 Å². The van der Waals surface area contributed by atoms with E-state index in [0.29, 0.717) is 16.7 Å². The van der Waals surface area contributed by atoms with Gasteiger partial charge >= 0.3 is 0 Å². The van der Waals surface area contributed by atoms with Crippen molar-refractivity contribution in [3.63, 3.8) is 0 Å². The highest BCUT2D eigenvalue weighted by molar-refractivity contribution is 5.99. The Morgan fingerprint density at radius 2 is 1.80 bits per heavy atom. The highest BCUT2D eigenvalue weighted by atomic mass is 16.2. The molecule has 1 heterocycles. The van der Waals surface area contributed by atoms with Crippen molar-refractivity contribution in [1.82, 2.24) is 4.90 Å². The summed E-state index contributed by atoms with van der Waals surface area (Å²) in [6.07, 6.45) is 7.82. The van der Waals surface area contributed by atoms with Gasteiger partial charge in [0.05, 0.1) is 5.56 Å². The second-order valence-corrected chi connectivity index (χ2v) is 6.59. The van der Waals surface area contributed by atoms with Gasteiger partial charge in [0.15, 0.2) is 0 Å². The summed E-state index contributed by atoms with van der Waals surface area (Å²) in [6.45, 7) is 3.79. The quantitative estimate of drug-likeness (QED) is 0.797. The third kappa shape index (κ3) is 2.41. The summed E-state index contributed by atoms with van der Waals surface area (Å²) >= 11 is 0. The van der Waals surface area contributed by atoms with Crippen LogP contribution in [0.4, 0.5) is 5.69 Å². The van der Waals surface area contributed by atoms with Gasteiger partial charge in [0.25, 0.3) is 5.91 Å². The molecule has 108 valence electrons. The molecule has 1 aliphatic heterocycles. The SMILES string of the molecule is Cc1ccc(C(=O)N2CCC3(CCCC3)CC2)c(N)c1. The van der Waals surface area contributed by atoms with Gasteiger partial charge in [0.2, 0.25) is 0 Å². The standard InChI is InChI=1S/C17H24N2O/c1-13-4-5-14(15(18)12-13)16(20)19-10-8-17(9-11-19)6-2-3-7-17/h4-5,12H,2-3,6-11,18H2,1H3. The van der Waals surface area contributed by atoms with Gasteiger partial charge in [-0.15, -0.1) is 0 Å². The molecule has 3 rings (SSSR count). The number of anilines is 1. The maximum atomic E-state index is 12.6. The van der Waals surface area contributed by atoms with E-state index in [1.54, 1.807) is 0 Å². The zero-order valence-corrected chi connectivity index (χ0v) is 12.3. The van der Waals surface area contributed by atoms with Crippen molar-refractivity contribution in [2.24, 2.45) is 5.41 Å². The van der Waals surface area contributed by atoms with Crippen molar-refractivity contribution >= 4 is 11.6 Å². The van der Waals surface area contributed by atoms with Crippen LogP contribution in [-0.4, -0.2) is 23.9 Å². The molecule has 3 heteroatoms. The number of hydrogen-bond donors (Lipinski definition) is 1. The van der Waals surface area contributed by atoms with Gasteiger partial charge in [0.1, 0.15) is 0 Å². The fraction of sp³-hybridized carbons (Fsp3) is 0.588. The first kappa shape index (κ1) is 13.5. The molecule has 0 atom stereocenters. The van der Waals surface area contributed by atoms with Crippen LogP contribution in [0.5, 0.6) is 0 Å². The predicted molar refractivity (Wildman–Crippen MR) is 81.6 cm³/mol. The molecule has 0 radical (unpaired) electrons. The second-order valence-electron chi connectivity index (χ2n) is 6.59. The number of likely N-dealkylation sites (tertiary alicyclic amines) is 1. The summed E-state index contributed by atoms with van der Waals surface area (Å²) in [6, 6.07) is 5.72. The molecule has 1 amide bonds. The van der Waals surface area contributed by atoms with Crippen LogP contribution in [0.3, 0.4) is 0 Å². The van der Waals surface area contributed by atoms with Crippen LogP contribution >= 0.6 is 0 Å². The van der Waals surface area contributed by atoms with Gasteiger partial charge < -0.3 is 10.6 Å². The molecule has 0 aromatic heterocycles. The van der Waals surface area contributed by atoms with Gasteiger partial charge in [-0.25, -0.2) is 0 Å². The second kappa shape index (κ2) is 5.12. The fourth-order valence-electron chi connectivity index (χ4n) is 3.86. The third-order valence-electron chi connectivity index (χ3n) is 5.21. The van der Waals surface area contributed by atoms with Crippen molar-refractivity contribution in [2.45, 2.75) is 45.4 Å². The Bertz CT molecular complexity index is 508. The largest absolute Gasteiger partial charge is 0.398 e. The van der Waals surface area contributed by atoms with E-state index in [1.807, 2.05) is 30.0 Å². The number of amides is 1. The van der Waals surface area contributed by atoms with Gasteiger partial charge in [-0.05, 0) is 55.7 Å². The monoisotopic (exact) mass is 272 g/mol. The average molecular weight is 272 g/mol. The molecule has 20 heavy (non-hydrogen) atoms. The first-order valence-electron chi connectivity index (χ1n) is 7.75. The lowest BCUT2D eigenvalue weighted by Gasteiger charge is -2.39. The Morgan fingerprint density at radius 1 is 1.15 bits per heavy atom. The summed E-state index contributed by atoms with van der Waals surface area (Å²) in [5, 5.41) is 0. The number of nitrogen functional groups attached to an aromatic ring is 1. The molecular weight excluding hydrogens is 248 g/mol. The Morgan fingerprint density at radius 3 is 2.40 bits per heavy atom. The van der Waals surface area contributed by atoms with Crippen LogP contribution in [0.2, 0.25) is 0 Å². The highest BCUT2D eigenvalue weighted by Crippen LogP contribution is 2.46. The summed E-state index contributed by atoms with van der Waals surface area (Å²) in [7, 11) is 0. The Labute approximate surface area is 121 Å². The molecule has 3 nitrogen and oxygen atoms in total. The zero-order valence-electron chi connectivity index (χ0n) is 12.3. The van der Waals surface area contributed by atoms with Crippen LogP contribution in [0, 0.1) is 12.3 Å². The summed E-state index contributed by atoms with van der Waals surface area (Å²) in [4.78, 5) is 14.6. The smallest absolute Gasteiger partial charge is 0.255 e. The molecule has 1 saturated heterocycles. The molecule has 1 aromatic rings. The first-order valence-corrected chi connectivity index (χ1v) is 7.75. The molecular formula is C17H24N2O. The first-order chi connectivity index (χ1) is 9.60. The average Bonchev–Trinajstić information content (AvgIpc) is 2.87. The topological polar surface area (TPSA) is 46.3 Å². The van der Waals surface area contributed by atoms with E-state index in [4.69, 9.17) is 5.73 Å². The fourth-order valence-corrected chi connectivity index (χ4v) is 3.86. The number of aryl methyl sites for hydroxylation is 1. The minimum atomic E-state index is 0.107. The molecule has 2 aliphatic rings. The molecule has 2 fully saturated rings. The summed E-state index contributed by atoms with van der Waals surface area (Å²) < 4.78 is 0. The molecule has 1 saturated carbocycles. The van der Waals surface area contributed by atoms with Crippen molar-refractivity contribution in [3.8, 4) is 0 Å². The number of nitrogens with two attached hydrogens (primary N) is 1. The third-order valence-corrected chi connectivity index (χ3v) is 5.21. The molecule has 1 aromatic carbocycles. The van der Waals surface area contributed by atoms with Crippen molar-refractivity contribution in [2.75, 3.05) is 18.8 Å². The Balaban J connectivity index is 1.69. The number of carbonyl (C=O) groups is 1. The lowest BCUT2D eigenvalue weighted by molar-refractivity contribution is 0.0588. The van der Waals surface area contributed by atoms with E-state index in [2.05, 4.69) is 0 Å². The molecule has 1 spiro atoms.